The van der Waals surface area contributed by atoms with Crippen LogP contribution in [0.1, 0.15) is 28.9 Å². The second-order valence-corrected chi connectivity index (χ2v) is 5.75. The molecular formula is C15H15NO2S. The first kappa shape index (κ1) is 12.4. The van der Waals surface area contributed by atoms with Gasteiger partial charge in [-0.25, -0.2) is 0 Å². The molecule has 19 heavy (non-hydrogen) atoms. The fourth-order valence-corrected chi connectivity index (χ4v) is 3.39. The van der Waals surface area contributed by atoms with Crippen LogP contribution in [0.2, 0.25) is 0 Å². The minimum Gasteiger partial charge on any atom is -0.385 e. The normalized spacial score (nSPS) is 24.2. The second-order valence-electron chi connectivity index (χ2n) is 4.77. The first-order valence-corrected chi connectivity index (χ1v) is 7.19. The molecule has 0 bridgehead atoms. The van der Waals surface area contributed by atoms with Crippen molar-refractivity contribution in [2.45, 2.75) is 24.5 Å². The average Bonchev–Trinajstić information content (AvgIpc) is 3.08. The van der Waals surface area contributed by atoms with Gasteiger partial charge in [0.05, 0.1) is 6.04 Å². The molecule has 1 aromatic carbocycles. The van der Waals surface area contributed by atoms with Crippen molar-refractivity contribution < 1.29 is 9.90 Å². The van der Waals surface area contributed by atoms with Gasteiger partial charge in [0.25, 0.3) is 0 Å². The van der Waals surface area contributed by atoms with Gasteiger partial charge in [-0.1, -0.05) is 36.4 Å². The Morgan fingerprint density at radius 2 is 2.00 bits per heavy atom. The molecule has 1 aromatic heterocycles. The summed E-state index contributed by atoms with van der Waals surface area (Å²) in [6, 6.07) is 13.5. The van der Waals surface area contributed by atoms with Crippen LogP contribution < -0.4 is 5.32 Å². The van der Waals surface area contributed by atoms with Crippen molar-refractivity contribution in [2.24, 2.45) is 0 Å². The van der Waals surface area contributed by atoms with Gasteiger partial charge < -0.3 is 10.4 Å². The number of thiophene rings is 1. The summed E-state index contributed by atoms with van der Waals surface area (Å²) in [5, 5.41) is 15.3. The van der Waals surface area contributed by atoms with Crippen LogP contribution >= 0.6 is 11.3 Å². The van der Waals surface area contributed by atoms with E-state index in [4.69, 9.17) is 0 Å². The minimum atomic E-state index is -0.642. The summed E-state index contributed by atoms with van der Waals surface area (Å²) in [4.78, 5) is 12.6. The number of aliphatic hydroxyl groups is 1. The van der Waals surface area contributed by atoms with Crippen molar-refractivity contribution in [2.75, 3.05) is 0 Å². The molecule has 2 N–H and O–H groups in total. The van der Waals surface area contributed by atoms with Gasteiger partial charge in [0.15, 0.2) is 0 Å². The molecule has 0 radical (unpaired) electrons. The first-order valence-electron chi connectivity index (χ1n) is 6.31. The van der Waals surface area contributed by atoms with Crippen molar-refractivity contribution in [3.8, 4) is 0 Å². The largest absolute Gasteiger partial charge is 0.385 e. The SMILES string of the molecule is O=C1C[C@H](c2ccccc2)[C@H]([C@@H](O)c2cccs2)N1. The van der Waals surface area contributed by atoms with Gasteiger partial charge in [-0.2, -0.15) is 0 Å². The predicted octanol–water partition coefficient (Wildman–Crippen LogP) is 2.45. The highest BCUT2D eigenvalue weighted by molar-refractivity contribution is 7.10. The van der Waals surface area contributed by atoms with Gasteiger partial charge in [-0.15, -0.1) is 11.3 Å². The lowest BCUT2D eigenvalue weighted by atomic mass is 9.88. The van der Waals surface area contributed by atoms with E-state index in [2.05, 4.69) is 5.32 Å². The number of aliphatic hydroxyl groups excluding tert-OH is 1. The van der Waals surface area contributed by atoms with Gasteiger partial charge in [-0.3, -0.25) is 4.79 Å². The lowest BCUT2D eigenvalue weighted by Gasteiger charge is -2.23. The van der Waals surface area contributed by atoms with E-state index in [9.17, 15) is 9.90 Å². The predicted molar refractivity (Wildman–Crippen MR) is 75.0 cm³/mol. The molecule has 4 heteroatoms. The van der Waals surface area contributed by atoms with Crippen LogP contribution in [0.15, 0.2) is 47.8 Å². The molecule has 1 aliphatic rings. The summed E-state index contributed by atoms with van der Waals surface area (Å²) in [5.74, 6) is 0.0419. The number of nitrogens with one attached hydrogen (secondary N) is 1. The van der Waals surface area contributed by atoms with Gasteiger partial charge >= 0.3 is 0 Å². The zero-order valence-corrected chi connectivity index (χ0v) is 11.1. The van der Waals surface area contributed by atoms with E-state index in [1.54, 1.807) is 0 Å². The maximum absolute atomic E-state index is 11.7. The van der Waals surface area contributed by atoms with Crippen LogP contribution in [-0.2, 0) is 4.79 Å². The summed E-state index contributed by atoms with van der Waals surface area (Å²) < 4.78 is 0. The number of hydrogen-bond donors (Lipinski definition) is 2. The smallest absolute Gasteiger partial charge is 0.221 e. The zero-order chi connectivity index (χ0) is 13.2. The van der Waals surface area contributed by atoms with E-state index in [-0.39, 0.29) is 17.9 Å². The fourth-order valence-electron chi connectivity index (χ4n) is 2.63. The Morgan fingerprint density at radius 3 is 2.68 bits per heavy atom. The number of carbonyl (C=O) groups excluding carboxylic acids is 1. The van der Waals surface area contributed by atoms with Gasteiger partial charge in [0.2, 0.25) is 5.91 Å². The maximum Gasteiger partial charge on any atom is 0.221 e. The number of carbonyl (C=O) groups is 1. The standard InChI is InChI=1S/C15H15NO2S/c17-13-9-11(10-5-2-1-3-6-10)14(16-13)15(18)12-7-4-8-19-12/h1-8,11,14-15,18H,9H2,(H,16,17)/t11-,14-,15+/m1/s1. The van der Waals surface area contributed by atoms with Crippen LogP contribution in [0.25, 0.3) is 0 Å². The maximum atomic E-state index is 11.7. The molecule has 0 saturated carbocycles. The van der Waals surface area contributed by atoms with Crippen LogP contribution in [0.5, 0.6) is 0 Å². The number of rotatable bonds is 3. The van der Waals surface area contributed by atoms with E-state index in [0.29, 0.717) is 6.42 Å². The molecule has 1 amide bonds. The molecule has 3 rings (SSSR count). The van der Waals surface area contributed by atoms with E-state index in [0.717, 1.165) is 10.4 Å². The first-order chi connectivity index (χ1) is 9.25. The average molecular weight is 273 g/mol. The highest BCUT2D eigenvalue weighted by Crippen LogP contribution is 2.36. The molecule has 1 saturated heterocycles. The van der Waals surface area contributed by atoms with Crippen LogP contribution in [0.3, 0.4) is 0 Å². The molecular weight excluding hydrogens is 258 g/mol. The van der Waals surface area contributed by atoms with Crippen molar-refractivity contribution in [1.29, 1.82) is 0 Å². The van der Waals surface area contributed by atoms with E-state index >= 15 is 0 Å². The monoisotopic (exact) mass is 273 g/mol. The van der Waals surface area contributed by atoms with E-state index in [1.165, 1.54) is 11.3 Å². The number of amides is 1. The minimum absolute atomic E-state index is 0.00876. The summed E-state index contributed by atoms with van der Waals surface area (Å²) in [6.07, 6.45) is -0.200. The van der Waals surface area contributed by atoms with Crippen LogP contribution in [0, 0.1) is 0 Å². The Balaban J connectivity index is 1.89. The van der Waals surface area contributed by atoms with Crippen LogP contribution in [-0.4, -0.2) is 17.1 Å². The summed E-state index contributed by atoms with van der Waals surface area (Å²) in [6.45, 7) is 0. The second kappa shape index (κ2) is 5.15. The molecule has 3 atom stereocenters. The lowest BCUT2D eigenvalue weighted by Crippen LogP contribution is -2.34. The third-order valence-electron chi connectivity index (χ3n) is 3.57. The van der Waals surface area contributed by atoms with Gasteiger partial charge in [0.1, 0.15) is 6.10 Å². The number of benzene rings is 1. The molecule has 0 unspecified atom stereocenters. The highest BCUT2D eigenvalue weighted by Gasteiger charge is 2.38. The van der Waals surface area contributed by atoms with Gasteiger partial charge in [0, 0.05) is 17.2 Å². The van der Waals surface area contributed by atoms with Crippen molar-refractivity contribution in [3.05, 3.63) is 58.3 Å². The fraction of sp³-hybridized carbons (Fsp3) is 0.267. The third kappa shape index (κ3) is 2.41. The highest BCUT2D eigenvalue weighted by atomic mass is 32.1. The Morgan fingerprint density at radius 1 is 1.21 bits per heavy atom. The number of hydrogen-bond acceptors (Lipinski definition) is 3. The third-order valence-corrected chi connectivity index (χ3v) is 4.51. The Hall–Kier alpha value is -1.65. The van der Waals surface area contributed by atoms with Crippen LogP contribution in [0.4, 0.5) is 0 Å². The van der Waals surface area contributed by atoms with Gasteiger partial charge in [-0.05, 0) is 17.0 Å². The summed E-state index contributed by atoms with van der Waals surface area (Å²) in [5.41, 5.74) is 1.10. The molecule has 0 spiro atoms. The molecule has 0 aliphatic carbocycles. The molecule has 2 aromatic rings. The topological polar surface area (TPSA) is 49.3 Å². The lowest BCUT2D eigenvalue weighted by molar-refractivity contribution is -0.119. The molecule has 1 aliphatic heterocycles. The van der Waals surface area contributed by atoms with E-state index < -0.39 is 6.10 Å². The molecule has 98 valence electrons. The Kier molecular flexibility index (Phi) is 3.36. The molecule has 3 nitrogen and oxygen atoms in total. The van der Waals surface area contributed by atoms with E-state index in [1.807, 2.05) is 47.8 Å². The summed E-state index contributed by atoms with van der Waals surface area (Å²) in [7, 11) is 0. The molecule has 1 fully saturated rings. The quantitative estimate of drug-likeness (QED) is 0.902. The van der Waals surface area contributed by atoms with Crippen molar-refractivity contribution in [3.63, 3.8) is 0 Å². The zero-order valence-electron chi connectivity index (χ0n) is 10.3. The molecule has 2 heterocycles. The van der Waals surface area contributed by atoms with Crippen molar-refractivity contribution >= 4 is 17.2 Å². The summed E-state index contributed by atoms with van der Waals surface area (Å²) >= 11 is 1.52. The van der Waals surface area contributed by atoms with Crippen molar-refractivity contribution in [1.82, 2.24) is 5.32 Å². The Labute approximate surface area is 115 Å². The Bertz CT molecular complexity index is 553.